The molecule has 1 aromatic carbocycles. The smallest absolute Gasteiger partial charge is 0.183 e. The van der Waals surface area contributed by atoms with Crippen molar-refractivity contribution in [3.8, 4) is 5.75 Å². The minimum atomic E-state index is -1.19. The molecule has 5 nitrogen and oxygen atoms in total. The standard InChI is InChI=1S/C14H16N2O3S/c1-9-4-3-5-11(8-9)19-7-6-15-14-16-10(2)12(20-14)13(17)18/h3-5,8H,6-7H2,1-2H3,(H,15,16)(H,17,18)/p-1. The first-order valence-corrected chi connectivity index (χ1v) is 7.00. The Morgan fingerprint density at radius 3 is 2.90 bits per heavy atom. The molecule has 0 bridgehead atoms. The molecular formula is C14H15N2O3S-. The molecule has 0 atom stereocenters. The normalized spacial score (nSPS) is 10.3. The molecule has 2 aromatic rings. The second-order valence-electron chi connectivity index (χ2n) is 4.31. The fourth-order valence-corrected chi connectivity index (χ4v) is 2.52. The van der Waals surface area contributed by atoms with Crippen LogP contribution in [0.3, 0.4) is 0 Å². The second-order valence-corrected chi connectivity index (χ2v) is 5.31. The van der Waals surface area contributed by atoms with Crippen molar-refractivity contribution in [1.29, 1.82) is 0 Å². The van der Waals surface area contributed by atoms with Gasteiger partial charge in [-0.05, 0) is 31.5 Å². The number of aryl methyl sites for hydroxylation is 2. The van der Waals surface area contributed by atoms with E-state index < -0.39 is 5.97 Å². The fraction of sp³-hybridized carbons (Fsp3) is 0.286. The van der Waals surface area contributed by atoms with Crippen LogP contribution in [0.2, 0.25) is 0 Å². The lowest BCUT2D eigenvalue weighted by Gasteiger charge is -2.07. The first-order valence-electron chi connectivity index (χ1n) is 6.18. The molecule has 0 spiro atoms. The summed E-state index contributed by atoms with van der Waals surface area (Å²) in [6.45, 7) is 4.68. The van der Waals surface area contributed by atoms with E-state index in [1.807, 2.05) is 31.2 Å². The molecule has 1 aromatic heterocycles. The van der Waals surface area contributed by atoms with Crippen molar-refractivity contribution < 1.29 is 14.6 Å². The Bertz CT molecular complexity index is 610. The van der Waals surface area contributed by atoms with Gasteiger partial charge in [0.2, 0.25) is 0 Å². The summed E-state index contributed by atoms with van der Waals surface area (Å²) in [6, 6.07) is 7.80. The average molecular weight is 291 g/mol. The Labute approximate surface area is 121 Å². The highest BCUT2D eigenvalue weighted by Crippen LogP contribution is 2.21. The van der Waals surface area contributed by atoms with E-state index in [9.17, 15) is 9.90 Å². The lowest BCUT2D eigenvalue weighted by Crippen LogP contribution is -2.21. The molecular weight excluding hydrogens is 276 g/mol. The van der Waals surface area contributed by atoms with Gasteiger partial charge in [-0.25, -0.2) is 4.98 Å². The van der Waals surface area contributed by atoms with Gasteiger partial charge in [0, 0.05) is 0 Å². The van der Waals surface area contributed by atoms with Gasteiger partial charge in [0.15, 0.2) is 5.13 Å². The summed E-state index contributed by atoms with van der Waals surface area (Å²) in [5.41, 5.74) is 1.61. The number of benzene rings is 1. The molecule has 0 radical (unpaired) electrons. The van der Waals surface area contributed by atoms with E-state index in [0.717, 1.165) is 22.6 Å². The van der Waals surface area contributed by atoms with E-state index in [0.29, 0.717) is 24.0 Å². The Morgan fingerprint density at radius 1 is 1.45 bits per heavy atom. The highest BCUT2D eigenvalue weighted by Gasteiger charge is 2.07. The van der Waals surface area contributed by atoms with Crippen molar-refractivity contribution >= 4 is 22.4 Å². The lowest BCUT2D eigenvalue weighted by molar-refractivity contribution is -0.254. The number of thiazole rings is 1. The van der Waals surface area contributed by atoms with Gasteiger partial charge >= 0.3 is 0 Å². The van der Waals surface area contributed by atoms with Gasteiger partial charge in [-0.15, -0.1) is 0 Å². The molecule has 6 heteroatoms. The second kappa shape index (κ2) is 6.38. The van der Waals surface area contributed by atoms with E-state index in [4.69, 9.17) is 4.74 Å². The third-order valence-corrected chi connectivity index (χ3v) is 3.71. The van der Waals surface area contributed by atoms with Gasteiger partial charge in [0.25, 0.3) is 0 Å². The Hall–Kier alpha value is -2.08. The molecule has 0 amide bonds. The molecule has 0 saturated carbocycles. The summed E-state index contributed by atoms with van der Waals surface area (Å²) in [5, 5.41) is 14.4. The maximum atomic E-state index is 10.8. The van der Waals surface area contributed by atoms with Crippen LogP contribution in [-0.2, 0) is 0 Å². The number of nitrogens with zero attached hydrogens (tertiary/aromatic N) is 1. The topological polar surface area (TPSA) is 74.3 Å². The number of hydrogen-bond acceptors (Lipinski definition) is 6. The number of hydrogen-bond donors (Lipinski definition) is 1. The number of carbonyl (C=O) groups is 1. The third-order valence-electron chi connectivity index (χ3n) is 2.62. The van der Waals surface area contributed by atoms with Crippen molar-refractivity contribution in [2.24, 2.45) is 0 Å². The number of anilines is 1. The largest absolute Gasteiger partial charge is 0.544 e. The predicted octanol–water partition coefficient (Wildman–Crippen LogP) is 1.61. The molecule has 0 aliphatic heterocycles. The number of carboxylic acids is 1. The van der Waals surface area contributed by atoms with Crippen molar-refractivity contribution in [3.63, 3.8) is 0 Å². The predicted molar refractivity (Wildman–Crippen MR) is 76.3 cm³/mol. The molecule has 0 aliphatic carbocycles. The molecule has 1 N–H and O–H groups in total. The van der Waals surface area contributed by atoms with Crippen LogP contribution in [-0.4, -0.2) is 24.1 Å². The van der Waals surface area contributed by atoms with Crippen molar-refractivity contribution in [1.82, 2.24) is 4.98 Å². The van der Waals surface area contributed by atoms with Crippen LogP contribution in [0, 0.1) is 13.8 Å². The number of carbonyl (C=O) groups excluding carboxylic acids is 1. The molecule has 106 valence electrons. The van der Waals surface area contributed by atoms with Gasteiger partial charge in [0.05, 0.1) is 23.1 Å². The highest BCUT2D eigenvalue weighted by atomic mass is 32.1. The number of carboxylic acid groups (broad SMARTS) is 1. The molecule has 0 unspecified atom stereocenters. The SMILES string of the molecule is Cc1cccc(OCCNc2nc(C)c(C(=O)[O-])s2)c1. The van der Waals surface area contributed by atoms with E-state index >= 15 is 0 Å². The summed E-state index contributed by atoms with van der Waals surface area (Å²) in [5.74, 6) is -0.374. The van der Waals surface area contributed by atoms with Gasteiger partial charge in [-0.1, -0.05) is 23.5 Å². The lowest BCUT2D eigenvalue weighted by atomic mass is 10.2. The first kappa shape index (κ1) is 14.3. The minimum absolute atomic E-state index is 0.159. The summed E-state index contributed by atoms with van der Waals surface area (Å²) in [4.78, 5) is 15.1. The Balaban J connectivity index is 1.81. The Morgan fingerprint density at radius 2 is 2.25 bits per heavy atom. The van der Waals surface area contributed by atoms with Crippen LogP contribution in [0.4, 0.5) is 5.13 Å². The van der Waals surface area contributed by atoms with Crippen molar-refractivity contribution in [2.75, 3.05) is 18.5 Å². The van der Waals surface area contributed by atoms with E-state index in [1.54, 1.807) is 6.92 Å². The van der Waals surface area contributed by atoms with Crippen LogP contribution in [0.1, 0.15) is 20.9 Å². The van der Waals surface area contributed by atoms with Crippen LogP contribution >= 0.6 is 11.3 Å². The van der Waals surface area contributed by atoms with Crippen molar-refractivity contribution in [3.05, 3.63) is 40.4 Å². The number of aromatic nitrogens is 1. The van der Waals surface area contributed by atoms with Crippen molar-refractivity contribution in [2.45, 2.75) is 13.8 Å². The zero-order valence-corrected chi connectivity index (χ0v) is 12.1. The van der Waals surface area contributed by atoms with Gasteiger partial charge in [-0.3, -0.25) is 0 Å². The Kier molecular flexibility index (Phi) is 4.57. The van der Waals surface area contributed by atoms with E-state index in [-0.39, 0.29) is 4.88 Å². The van der Waals surface area contributed by atoms with E-state index in [1.165, 1.54) is 0 Å². The fourth-order valence-electron chi connectivity index (χ4n) is 1.69. The average Bonchev–Trinajstić information content (AvgIpc) is 2.76. The third kappa shape index (κ3) is 3.71. The summed E-state index contributed by atoms with van der Waals surface area (Å²) in [6.07, 6.45) is 0. The van der Waals surface area contributed by atoms with Crippen LogP contribution in [0.5, 0.6) is 5.75 Å². The highest BCUT2D eigenvalue weighted by molar-refractivity contribution is 7.17. The summed E-state index contributed by atoms with van der Waals surface area (Å²) < 4.78 is 5.58. The molecule has 0 aliphatic rings. The molecule has 1 heterocycles. The number of rotatable bonds is 6. The quantitative estimate of drug-likeness (QED) is 0.819. The maximum Gasteiger partial charge on any atom is 0.183 e. The number of aromatic carboxylic acids is 1. The summed E-state index contributed by atoms with van der Waals surface area (Å²) >= 11 is 1.08. The van der Waals surface area contributed by atoms with Crippen LogP contribution in [0.15, 0.2) is 24.3 Å². The molecule has 0 fully saturated rings. The van der Waals surface area contributed by atoms with Crippen LogP contribution in [0.25, 0.3) is 0 Å². The van der Waals surface area contributed by atoms with Crippen LogP contribution < -0.4 is 15.2 Å². The minimum Gasteiger partial charge on any atom is -0.544 e. The van der Waals surface area contributed by atoms with Gasteiger partial charge in [-0.2, -0.15) is 0 Å². The maximum absolute atomic E-state index is 10.8. The van der Waals surface area contributed by atoms with E-state index in [2.05, 4.69) is 10.3 Å². The van der Waals surface area contributed by atoms with Gasteiger partial charge < -0.3 is 20.0 Å². The molecule has 20 heavy (non-hydrogen) atoms. The monoisotopic (exact) mass is 291 g/mol. The molecule has 2 rings (SSSR count). The number of ether oxygens (including phenoxy) is 1. The number of nitrogens with one attached hydrogen (secondary N) is 1. The molecule has 0 saturated heterocycles. The summed E-state index contributed by atoms with van der Waals surface area (Å²) in [7, 11) is 0. The zero-order chi connectivity index (χ0) is 14.5. The van der Waals surface area contributed by atoms with Gasteiger partial charge in [0.1, 0.15) is 12.4 Å². The zero-order valence-electron chi connectivity index (χ0n) is 11.3. The first-order chi connectivity index (χ1) is 9.56.